The summed E-state index contributed by atoms with van der Waals surface area (Å²) in [5.74, 6) is -0.0109. The van der Waals surface area contributed by atoms with E-state index in [0.29, 0.717) is 13.0 Å². The van der Waals surface area contributed by atoms with Crippen molar-refractivity contribution in [2.45, 2.75) is 12.5 Å². The smallest absolute Gasteiger partial charge is 0.239 e. The highest BCUT2D eigenvalue weighted by Gasteiger charge is 2.27. The fourth-order valence-corrected chi connectivity index (χ4v) is 1.98. The zero-order valence-corrected chi connectivity index (χ0v) is 10.3. The van der Waals surface area contributed by atoms with Crippen molar-refractivity contribution in [1.29, 1.82) is 0 Å². The van der Waals surface area contributed by atoms with Crippen LogP contribution in [0.5, 0.6) is 0 Å². The van der Waals surface area contributed by atoms with Crippen LogP contribution in [0.3, 0.4) is 0 Å². The molecule has 0 spiro atoms. The lowest BCUT2D eigenvalue weighted by Gasteiger charge is -2.13. The second-order valence-corrected chi connectivity index (χ2v) is 4.46. The van der Waals surface area contributed by atoms with Crippen LogP contribution in [-0.4, -0.2) is 42.9 Å². The zero-order valence-electron chi connectivity index (χ0n) is 10.3. The summed E-state index contributed by atoms with van der Waals surface area (Å²) < 4.78 is 0. The Morgan fingerprint density at radius 2 is 2.11 bits per heavy atom. The standard InChI is InChI=1S/C13H17N3O2/c1-16-9-11(7-13(16)18)15-12(17)8-14-10-5-3-2-4-6-10/h2-6,11,14H,7-9H2,1H3,(H,15,17). The molecule has 18 heavy (non-hydrogen) atoms. The van der Waals surface area contributed by atoms with Gasteiger partial charge in [0.15, 0.2) is 0 Å². The molecule has 1 aliphatic heterocycles. The topological polar surface area (TPSA) is 61.4 Å². The quantitative estimate of drug-likeness (QED) is 0.812. The van der Waals surface area contributed by atoms with Gasteiger partial charge < -0.3 is 15.5 Å². The number of hydrogen-bond acceptors (Lipinski definition) is 3. The summed E-state index contributed by atoms with van der Waals surface area (Å²) in [6, 6.07) is 9.48. The Hall–Kier alpha value is -2.04. The number of nitrogens with one attached hydrogen (secondary N) is 2. The molecule has 1 unspecified atom stereocenters. The third-order valence-electron chi connectivity index (χ3n) is 2.93. The minimum atomic E-state index is -0.0908. The molecule has 1 heterocycles. The maximum absolute atomic E-state index is 11.7. The van der Waals surface area contributed by atoms with Crippen LogP contribution >= 0.6 is 0 Å². The Morgan fingerprint density at radius 3 is 2.72 bits per heavy atom. The van der Waals surface area contributed by atoms with E-state index >= 15 is 0 Å². The van der Waals surface area contributed by atoms with Gasteiger partial charge in [-0.3, -0.25) is 9.59 Å². The van der Waals surface area contributed by atoms with E-state index in [-0.39, 0.29) is 24.4 Å². The first-order valence-corrected chi connectivity index (χ1v) is 5.97. The number of rotatable bonds is 4. The van der Waals surface area contributed by atoms with Crippen molar-refractivity contribution < 1.29 is 9.59 Å². The van der Waals surface area contributed by atoms with E-state index in [0.717, 1.165) is 5.69 Å². The molecule has 0 bridgehead atoms. The number of carbonyl (C=O) groups is 2. The van der Waals surface area contributed by atoms with E-state index in [1.54, 1.807) is 11.9 Å². The number of hydrogen-bond donors (Lipinski definition) is 2. The Bertz CT molecular complexity index is 433. The molecule has 2 amide bonds. The van der Waals surface area contributed by atoms with E-state index in [1.165, 1.54) is 0 Å². The summed E-state index contributed by atoms with van der Waals surface area (Å²) in [6.45, 7) is 0.814. The van der Waals surface area contributed by atoms with Gasteiger partial charge >= 0.3 is 0 Å². The Morgan fingerprint density at radius 1 is 1.39 bits per heavy atom. The van der Waals surface area contributed by atoms with Gasteiger partial charge in [0.1, 0.15) is 0 Å². The SMILES string of the molecule is CN1CC(NC(=O)CNc2ccccc2)CC1=O. The molecule has 1 aromatic carbocycles. The van der Waals surface area contributed by atoms with Gasteiger partial charge in [-0.05, 0) is 12.1 Å². The normalized spacial score (nSPS) is 18.8. The van der Waals surface area contributed by atoms with E-state index in [2.05, 4.69) is 10.6 Å². The molecule has 1 fully saturated rings. The first-order chi connectivity index (χ1) is 8.65. The van der Waals surface area contributed by atoms with Crippen molar-refractivity contribution in [3.8, 4) is 0 Å². The lowest BCUT2D eigenvalue weighted by molar-refractivity contribution is -0.126. The Labute approximate surface area is 106 Å². The van der Waals surface area contributed by atoms with Gasteiger partial charge in [0.2, 0.25) is 11.8 Å². The van der Waals surface area contributed by atoms with E-state index in [9.17, 15) is 9.59 Å². The molecule has 0 aromatic heterocycles. The fourth-order valence-electron chi connectivity index (χ4n) is 1.98. The van der Waals surface area contributed by atoms with Gasteiger partial charge in [0.25, 0.3) is 0 Å². The molecule has 0 aliphatic carbocycles. The highest BCUT2D eigenvalue weighted by molar-refractivity contribution is 5.84. The predicted octanol–water partition coefficient (Wildman–Crippen LogP) is 0.445. The maximum atomic E-state index is 11.7. The van der Waals surface area contributed by atoms with Crippen molar-refractivity contribution in [1.82, 2.24) is 10.2 Å². The van der Waals surface area contributed by atoms with Crippen molar-refractivity contribution in [3.63, 3.8) is 0 Å². The first kappa shape index (κ1) is 12.4. The summed E-state index contributed by atoms with van der Waals surface area (Å²) in [7, 11) is 1.75. The van der Waals surface area contributed by atoms with Crippen LogP contribution in [0.2, 0.25) is 0 Å². The summed E-state index contributed by atoms with van der Waals surface area (Å²) in [5, 5.41) is 5.88. The van der Waals surface area contributed by atoms with Crippen LogP contribution in [0.25, 0.3) is 0 Å². The molecule has 96 valence electrons. The van der Waals surface area contributed by atoms with Gasteiger partial charge in [0.05, 0.1) is 12.6 Å². The lowest BCUT2D eigenvalue weighted by Crippen LogP contribution is -2.39. The summed E-state index contributed by atoms with van der Waals surface area (Å²) >= 11 is 0. The van der Waals surface area contributed by atoms with Crippen LogP contribution in [0, 0.1) is 0 Å². The van der Waals surface area contributed by atoms with Gasteiger partial charge in [-0.25, -0.2) is 0 Å². The summed E-state index contributed by atoms with van der Waals surface area (Å²) in [6.07, 6.45) is 0.396. The second kappa shape index (κ2) is 5.53. The van der Waals surface area contributed by atoms with Gasteiger partial charge in [-0.2, -0.15) is 0 Å². The summed E-state index contributed by atoms with van der Waals surface area (Å²) in [5.41, 5.74) is 0.910. The highest BCUT2D eigenvalue weighted by atomic mass is 16.2. The van der Waals surface area contributed by atoms with Crippen LogP contribution < -0.4 is 10.6 Å². The minimum absolute atomic E-state index is 0.0624. The van der Waals surface area contributed by atoms with Crippen molar-refractivity contribution in [2.24, 2.45) is 0 Å². The lowest BCUT2D eigenvalue weighted by atomic mass is 10.2. The van der Waals surface area contributed by atoms with E-state index < -0.39 is 0 Å². The number of para-hydroxylation sites is 1. The van der Waals surface area contributed by atoms with Crippen molar-refractivity contribution in [3.05, 3.63) is 30.3 Å². The Balaban J connectivity index is 1.75. The third-order valence-corrected chi connectivity index (χ3v) is 2.93. The number of benzene rings is 1. The average Bonchev–Trinajstić information content (AvgIpc) is 2.67. The predicted molar refractivity (Wildman–Crippen MR) is 69.1 cm³/mol. The molecule has 2 N–H and O–H groups in total. The average molecular weight is 247 g/mol. The van der Waals surface area contributed by atoms with Crippen LogP contribution in [0.4, 0.5) is 5.69 Å². The number of likely N-dealkylation sites (N-methyl/N-ethyl adjacent to an activating group) is 1. The van der Waals surface area contributed by atoms with Crippen LogP contribution in [-0.2, 0) is 9.59 Å². The third kappa shape index (κ3) is 3.23. The molecular formula is C13H17N3O2. The molecule has 2 rings (SSSR count). The van der Waals surface area contributed by atoms with Crippen molar-refractivity contribution >= 4 is 17.5 Å². The number of likely N-dealkylation sites (tertiary alicyclic amines) is 1. The molecular weight excluding hydrogens is 230 g/mol. The number of anilines is 1. The maximum Gasteiger partial charge on any atom is 0.239 e. The molecule has 0 saturated carbocycles. The minimum Gasteiger partial charge on any atom is -0.376 e. The largest absolute Gasteiger partial charge is 0.376 e. The van der Waals surface area contributed by atoms with Crippen LogP contribution in [0.1, 0.15) is 6.42 Å². The number of amides is 2. The molecule has 0 radical (unpaired) electrons. The van der Waals surface area contributed by atoms with Crippen molar-refractivity contribution in [2.75, 3.05) is 25.5 Å². The van der Waals surface area contributed by atoms with Crippen LogP contribution in [0.15, 0.2) is 30.3 Å². The monoisotopic (exact) mass is 247 g/mol. The fraction of sp³-hybridized carbons (Fsp3) is 0.385. The summed E-state index contributed by atoms with van der Waals surface area (Å²) in [4.78, 5) is 24.6. The first-order valence-electron chi connectivity index (χ1n) is 5.97. The molecule has 5 heteroatoms. The molecule has 1 aliphatic rings. The molecule has 5 nitrogen and oxygen atoms in total. The van der Waals surface area contributed by atoms with Gasteiger partial charge in [0, 0.05) is 25.7 Å². The molecule has 1 atom stereocenters. The highest BCUT2D eigenvalue weighted by Crippen LogP contribution is 2.08. The van der Waals surface area contributed by atoms with Gasteiger partial charge in [-0.15, -0.1) is 0 Å². The number of nitrogens with zero attached hydrogens (tertiary/aromatic N) is 1. The number of carbonyl (C=O) groups excluding carboxylic acids is 2. The van der Waals surface area contributed by atoms with E-state index in [4.69, 9.17) is 0 Å². The molecule has 1 aromatic rings. The van der Waals surface area contributed by atoms with E-state index in [1.807, 2.05) is 30.3 Å². The Kier molecular flexibility index (Phi) is 3.82. The second-order valence-electron chi connectivity index (χ2n) is 4.46. The van der Waals surface area contributed by atoms with Gasteiger partial charge in [-0.1, -0.05) is 18.2 Å². The molecule has 1 saturated heterocycles. The zero-order chi connectivity index (χ0) is 13.0.